The molecule has 1 saturated heterocycles. The van der Waals surface area contributed by atoms with Crippen LogP contribution >= 0.6 is 15.9 Å². The number of nitrogens with one attached hydrogen (secondary N) is 1. The number of halogens is 1. The van der Waals surface area contributed by atoms with Crippen LogP contribution in [-0.4, -0.2) is 25.2 Å². The Bertz CT molecular complexity index is 397. The summed E-state index contributed by atoms with van der Waals surface area (Å²) < 4.78 is 0.929. The van der Waals surface area contributed by atoms with Crippen LogP contribution in [0, 0.1) is 0 Å². The largest absolute Gasteiger partial charge is 0.333 e. The van der Waals surface area contributed by atoms with Crippen molar-refractivity contribution in [2.75, 3.05) is 18.0 Å². The second-order valence-electron chi connectivity index (χ2n) is 3.79. The van der Waals surface area contributed by atoms with Gasteiger partial charge in [-0.05, 0) is 41.0 Å². The van der Waals surface area contributed by atoms with E-state index >= 15 is 0 Å². The summed E-state index contributed by atoms with van der Waals surface area (Å²) in [6.45, 7) is 1.27. The Balaban J connectivity index is 2.17. The number of hydrogen-bond acceptors (Lipinski definition) is 2. The van der Waals surface area contributed by atoms with E-state index in [2.05, 4.69) is 21.2 Å². The van der Waals surface area contributed by atoms with E-state index in [0.717, 1.165) is 16.6 Å². The minimum absolute atomic E-state index is 0.0506. The van der Waals surface area contributed by atoms with Crippen LogP contribution in [-0.2, 0) is 0 Å². The maximum absolute atomic E-state index is 11.8. The predicted molar refractivity (Wildman–Crippen MR) is 67.5 cm³/mol. The van der Waals surface area contributed by atoms with Crippen LogP contribution < -0.4 is 16.0 Å². The van der Waals surface area contributed by atoms with E-state index < -0.39 is 0 Å². The molecule has 2 amide bonds. The number of rotatable bonds is 3. The Labute approximate surface area is 103 Å². The molecule has 16 heavy (non-hydrogen) atoms. The highest BCUT2D eigenvalue weighted by molar-refractivity contribution is 9.10. The zero-order chi connectivity index (χ0) is 11.5. The number of carbonyl (C=O) groups is 1. The van der Waals surface area contributed by atoms with Gasteiger partial charge in [-0.2, -0.15) is 0 Å². The van der Waals surface area contributed by atoms with Crippen LogP contribution in [0.1, 0.15) is 6.42 Å². The van der Waals surface area contributed by atoms with Gasteiger partial charge in [-0.15, -0.1) is 0 Å². The van der Waals surface area contributed by atoms with Crippen LogP contribution in [0.15, 0.2) is 28.7 Å². The summed E-state index contributed by atoms with van der Waals surface area (Å²) in [6, 6.07) is 7.81. The highest BCUT2D eigenvalue weighted by atomic mass is 79.9. The molecule has 0 bridgehead atoms. The van der Waals surface area contributed by atoms with Crippen molar-refractivity contribution in [1.29, 1.82) is 0 Å². The van der Waals surface area contributed by atoms with Crippen LogP contribution in [0.5, 0.6) is 0 Å². The molecule has 1 heterocycles. The Kier molecular flexibility index (Phi) is 3.46. The summed E-state index contributed by atoms with van der Waals surface area (Å²) in [4.78, 5) is 13.5. The number of carbonyl (C=O) groups excluding carboxylic acids is 1. The van der Waals surface area contributed by atoms with Gasteiger partial charge in [0.1, 0.15) is 0 Å². The van der Waals surface area contributed by atoms with E-state index in [9.17, 15) is 4.79 Å². The first-order valence-electron chi connectivity index (χ1n) is 5.25. The zero-order valence-electron chi connectivity index (χ0n) is 8.82. The number of urea groups is 1. The summed E-state index contributed by atoms with van der Waals surface area (Å²) >= 11 is 3.45. The topological polar surface area (TPSA) is 58.4 Å². The summed E-state index contributed by atoms with van der Waals surface area (Å²) in [5, 5.41) is 2.92. The second kappa shape index (κ2) is 4.84. The van der Waals surface area contributed by atoms with Crippen molar-refractivity contribution in [1.82, 2.24) is 5.32 Å². The van der Waals surface area contributed by atoms with Crippen molar-refractivity contribution in [3.8, 4) is 0 Å². The number of hydrogen-bond donors (Lipinski definition) is 2. The van der Waals surface area contributed by atoms with Crippen molar-refractivity contribution in [3.05, 3.63) is 28.7 Å². The lowest BCUT2D eigenvalue weighted by Crippen LogP contribution is -2.29. The first-order valence-corrected chi connectivity index (χ1v) is 6.04. The maximum Gasteiger partial charge on any atom is 0.322 e. The lowest BCUT2D eigenvalue weighted by Gasteiger charge is -2.16. The molecular weight excluding hydrogens is 270 g/mol. The van der Waals surface area contributed by atoms with Gasteiger partial charge in [-0.25, -0.2) is 4.79 Å². The fourth-order valence-electron chi connectivity index (χ4n) is 1.84. The molecule has 0 aliphatic carbocycles. The molecule has 0 spiro atoms. The molecule has 86 valence electrons. The summed E-state index contributed by atoms with van der Waals surface area (Å²) in [5.41, 5.74) is 6.39. The van der Waals surface area contributed by atoms with Gasteiger partial charge < -0.3 is 11.1 Å². The van der Waals surface area contributed by atoms with Gasteiger partial charge in [0.25, 0.3) is 0 Å². The molecule has 5 heteroatoms. The molecule has 1 aromatic rings. The molecule has 1 unspecified atom stereocenters. The highest BCUT2D eigenvalue weighted by Crippen LogP contribution is 2.27. The second-order valence-corrected chi connectivity index (χ2v) is 4.64. The van der Waals surface area contributed by atoms with E-state index in [1.54, 1.807) is 4.90 Å². The van der Waals surface area contributed by atoms with E-state index in [-0.39, 0.29) is 12.1 Å². The van der Waals surface area contributed by atoms with E-state index in [4.69, 9.17) is 5.73 Å². The Morgan fingerprint density at radius 1 is 1.50 bits per heavy atom. The van der Waals surface area contributed by atoms with Gasteiger partial charge in [0, 0.05) is 17.1 Å². The quantitative estimate of drug-likeness (QED) is 0.887. The number of benzene rings is 1. The smallest absolute Gasteiger partial charge is 0.322 e. The van der Waals surface area contributed by atoms with Crippen LogP contribution in [0.2, 0.25) is 0 Å². The van der Waals surface area contributed by atoms with Crippen molar-refractivity contribution in [3.63, 3.8) is 0 Å². The molecule has 0 radical (unpaired) electrons. The number of nitrogens with zero attached hydrogens (tertiary/aromatic N) is 1. The van der Waals surface area contributed by atoms with Crippen molar-refractivity contribution in [2.45, 2.75) is 12.5 Å². The number of para-hydroxylation sites is 1. The number of amides is 2. The molecule has 1 aliphatic heterocycles. The lowest BCUT2D eigenvalue weighted by atomic mass is 10.2. The molecule has 3 N–H and O–H groups in total. The van der Waals surface area contributed by atoms with Gasteiger partial charge in [0.2, 0.25) is 0 Å². The first-order chi connectivity index (χ1) is 7.72. The third kappa shape index (κ3) is 2.20. The molecule has 4 nitrogen and oxygen atoms in total. The monoisotopic (exact) mass is 283 g/mol. The maximum atomic E-state index is 11.8. The Morgan fingerprint density at radius 3 is 2.94 bits per heavy atom. The van der Waals surface area contributed by atoms with Crippen LogP contribution in [0.3, 0.4) is 0 Å². The number of anilines is 1. The predicted octanol–water partition coefficient (Wildman–Crippen LogP) is 1.70. The van der Waals surface area contributed by atoms with E-state index in [1.807, 2.05) is 24.3 Å². The summed E-state index contributed by atoms with van der Waals surface area (Å²) in [6.07, 6.45) is 0.812. The average Bonchev–Trinajstić information content (AvgIpc) is 2.61. The van der Waals surface area contributed by atoms with Crippen molar-refractivity contribution >= 4 is 27.6 Å². The fraction of sp³-hybridized carbons (Fsp3) is 0.364. The molecule has 1 fully saturated rings. The third-order valence-electron chi connectivity index (χ3n) is 2.63. The summed E-state index contributed by atoms with van der Waals surface area (Å²) in [5.74, 6) is 0. The first kappa shape index (κ1) is 11.4. The standard InChI is InChI=1S/C11H14BrN3O/c12-9-3-1-2-4-10(9)15-7-8(5-6-13)14-11(15)16/h1-4,8H,5-7,13H2,(H,14,16). The van der Waals surface area contributed by atoms with Crippen molar-refractivity contribution < 1.29 is 4.79 Å². The van der Waals surface area contributed by atoms with Crippen LogP contribution in [0.4, 0.5) is 10.5 Å². The molecule has 1 atom stereocenters. The van der Waals surface area contributed by atoms with E-state index in [1.165, 1.54) is 0 Å². The van der Waals surface area contributed by atoms with Crippen LogP contribution in [0.25, 0.3) is 0 Å². The lowest BCUT2D eigenvalue weighted by molar-refractivity contribution is 0.250. The van der Waals surface area contributed by atoms with Gasteiger partial charge >= 0.3 is 6.03 Å². The van der Waals surface area contributed by atoms with Gasteiger partial charge in [-0.3, -0.25) is 4.90 Å². The summed E-state index contributed by atoms with van der Waals surface area (Å²) in [7, 11) is 0. The minimum atomic E-state index is -0.0506. The van der Waals surface area contributed by atoms with Gasteiger partial charge in [-0.1, -0.05) is 12.1 Å². The molecular formula is C11H14BrN3O. The Hall–Kier alpha value is -1.07. The van der Waals surface area contributed by atoms with E-state index in [0.29, 0.717) is 13.1 Å². The van der Waals surface area contributed by atoms with Gasteiger partial charge in [0.05, 0.1) is 5.69 Å². The van der Waals surface area contributed by atoms with Crippen molar-refractivity contribution in [2.24, 2.45) is 5.73 Å². The Morgan fingerprint density at radius 2 is 2.25 bits per heavy atom. The normalized spacial score (nSPS) is 20.0. The zero-order valence-corrected chi connectivity index (χ0v) is 10.4. The fourth-order valence-corrected chi connectivity index (χ4v) is 2.34. The SMILES string of the molecule is NCCC1CN(c2ccccc2Br)C(=O)N1. The van der Waals surface area contributed by atoms with Gasteiger partial charge in [0.15, 0.2) is 0 Å². The molecule has 0 saturated carbocycles. The minimum Gasteiger partial charge on any atom is -0.333 e. The molecule has 2 rings (SSSR count). The molecule has 1 aromatic carbocycles. The molecule has 1 aliphatic rings. The average molecular weight is 284 g/mol. The number of nitrogens with two attached hydrogens (primary N) is 1. The molecule has 0 aromatic heterocycles. The highest BCUT2D eigenvalue weighted by Gasteiger charge is 2.29. The third-order valence-corrected chi connectivity index (χ3v) is 3.30.